The Balaban J connectivity index is 2.35. The molecule has 0 saturated heterocycles. The molecule has 136 valence electrons. The van der Waals surface area contributed by atoms with Gasteiger partial charge >= 0.3 is 0 Å². The van der Waals surface area contributed by atoms with Crippen LogP contribution in [0.15, 0.2) is 35.9 Å². The first kappa shape index (κ1) is 18.8. The quantitative estimate of drug-likeness (QED) is 0.333. The molecule has 0 aliphatic heterocycles. The van der Waals surface area contributed by atoms with Gasteiger partial charge in [0.25, 0.3) is 5.09 Å². The van der Waals surface area contributed by atoms with Crippen molar-refractivity contribution in [2.75, 3.05) is 6.61 Å². The van der Waals surface area contributed by atoms with E-state index >= 15 is 0 Å². The molecule has 1 aromatic carbocycles. The van der Waals surface area contributed by atoms with E-state index in [-0.39, 0.29) is 29.9 Å². The van der Waals surface area contributed by atoms with Gasteiger partial charge in [0.15, 0.2) is 0 Å². The molecule has 2 rings (SSSR count). The van der Waals surface area contributed by atoms with Crippen LogP contribution in [-0.2, 0) is 11.3 Å². The van der Waals surface area contributed by atoms with E-state index in [1.165, 1.54) is 11.6 Å². The molecule has 0 saturated carbocycles. The van der Waals surface area contributed by atoms with Crippen LogP contribution in [0, 0.1) is 16.0 Å². The van der Waals surface area contributed by atoms with Crippen LogP contribution < -0.4 is 0 Å². The predicted octanol–water partition coefficient (Wildman–Crippen LogP) is 4.25. The fourth-order valence-corrected chi connectivity index (χ4v) is 3.58. The van der Waals surface area contributed by atoms with Crippen molar-refractivity contribution in [1.82, 2.24) is 0 Å². The lowest BCUT2D eigenvalue weighted by molar-refractivity contribution is -0.757. The van der Waals surface area contributed by atoms with Crippen LogP contribution in [0.25, 0.3) is 0 Å². The van der Waals surface area contributed by atoms with Gasteiger partial charge in [-0.25, -0.2) is 0 Å². The van der Waals surface area contributed by atoms with Gasteiger partial charge in [-0.3, -0.25) is 0 Å². The molecule has 0 heterocycles. The van der Waals surface area contributed by atoms with Crippen molar-refractivity contribution in [3.63, 3.8) is 0 Å². The zero-order valence-corrected chi connectivity index (χ0v) is 14.7. The minimum absolute atomic E-state index is 0.0155. The maximum Gasteiger partial charge on any atom is 0.294 e. The van der Waals surface area contributed by atoms with E-state index in [9.17, 15) is 20.3 Å². The molecular weight excluding hydrogens is 322 g/mol. The third-order valence-corrected chi connectivity index (χ3v) is 4.73. The summed E-state index contributed by atoms with van der Waals surface area (Å²) in [5, 5.41) is 29.8. The van der Waals surface area contributed by atoms with Crippen LogP contribution in [0.5, 0.6) is 11.5 Å². The molecular formula is C19H25NO5. The molecule has 1 aromatic rings. The van der Waals surface area contributed by atoms with Gasteiger partial charge in [0.2, 0.25) is 0 Å². The van der Waals surface area contributed by atoms with Gasteiger partial charge in [0.1, 0.15) is 11.5 Å². The Hall–Kier alpha value is -2.50. The van der Waals surface area contributed by atoms with Gasteiger partial charge in [-0.15, -0.1) is 10.1 Å². The molecule has 0 radical (unpaired) electrons. The number of aryl methyl sites for hydroxylation is 1. The van der Waals surface area contributed by atoms with E-state index < -0.39 is 5.09 Å². The number of phenolic OH excluding ortho intramolecular Hbond substituents is 2. The van der Waals surface area contributed by atoms with Crippen LogP contribution in [0.2, 0.25) is 0 Å². The maximum absolute atomic E-state index is 10.5. The molecule has 6 heteroatoms. The van der Waals surface area contributed by atoms with Gasteiger partial charge < -0.3 is 15.1 Å². The van der Waals surface area contributed by atoms with Gasteiger partial charge in [-0.1, -0.05) is 23.8 Å². The Morgan fingerprint density at radius 1 is 1.44 bits per heavy atom. The summed E-state index contributed by atoms with van der Waals surface area (Å²) in [6.45, 7) is 8.14. The second-order valence-electron chi connectivity index (χ2n) is 6.73. The molecule has 0 amide bonds. The van der Waals surface area contributed by atoms with Crippen molar-refractivity contribution in [2.45, 2.75) is 45.4 Å². The SMILES string of the molecule is C=C(C)[C@H]1CCC(C)=C[C@@H]1c1c(O)cc(O)cc1CCCO[N+](=O)[O-]. The van der Waals surface area contributed by atoms with Crippen molar-refractivity contribution < 1.29 is 20.1 Å². The van der Waals surface area contributed by atoms with Gasteiger partial charge in [0, 0.05) is 17.5 Å². The first-order valence-corrected chi connectivity index (χ1v) is 8.44. The summed E-state index contributed by atoms with van der Waals surface area (Å²) >= 11 is 0. The van der Waals surface area contributed by atoms with E-state index in [4.69, 9.17) is 0 Å². The third kappa shape index (κ3) is 4.75. The molecule has 0 aromatic heterocycles. The zero-order valence-electron chi connectivity index (χ0n) is 14.7. The normalized spacial score (nSPS) is 20.0. The molecule has 0 fully saturated rings. The van der Waals surface area contributed by atoms with Gasteiger partial charge in [-0.2, -0.15) is 0 Å². The van der Waals surface area contributed by atoms with Crippen molar-refractivity contribution in [2.24, 2.45) is 5.92 Å². The second-order valence-corrected chi connectivity index (χ2v) is 6.73. The van der Waals surface area contributed by atoms with Crippen LogP contribution in [0.3, 0.4) is 0 Å². The lowest BCUT2D eigenvalue weighted by Crippen LogP contribution is -2.18. The summed E-state index contributed by atoms with van der Waals surface area (Å²) in [5.41, 5.74) is 3.87. The largest absolute Gasteiger partial charge is 0.508 e. The number of aromatic hydroxyl groups is 2. The first-order chi connectivity index (χ1) is 11.8. The predicted molar refractivity (Wildman–Crippen MR) is 95.1 cm³/mol. The Bertz CT molecular complexity index is 695. The highest BCUT2D eigenvalue weighted by Crippen LogP contribution is 2.45. The molecule has 6 nitrogen and oxygen atoms in total. The molecule has 2 N–H and O–H groups in total. The maximum atomic E-state index is 10.5. The standard InChI is InChI=1S/C19H25NO5/c1-12(2)16-7-6-13(3)9-17(16)19-14(5-4-8-25-20(23)24)10-15(21)11-18(19)22/h9-11,16-17,21-22H,1,4-8H2,2-3H3/t16-,17+/m1/s1. The summed E-state index contributed by atoms with van der Waals surface area (Å²) in [6.07, 6.45) is 5.01. The van der Waals surface area contributed by atoms with E-state index in [1.807, 2.05) is 6.92 Å². The monoisotopic (exact) mass is 347 g/mol. The number of phenols is 2. The Morgan fingerprint density at radius 2 is 2.16 bits per heavy atom. The molecule has 25 heavy (non-hydrogen) atoms. The Kier molecular flexibility index (Phi) is 6.07. The lowest BCUT2D eigenvalue weighted by Gasteiger charge is -2.32. The van der Waals surface area contributed by atoms with Crippen molar-refractivity contribution in [3.8, 4) is 11.5 Å². The van der Waals surface area contributed by atoms with Crippen LogP contribution in [-0.4, -0.2) is 21.9 Å². The lowest BCUT2D eigenvalue weighted by atomic mass is 9.72. The average molecular weight is 347 g/mol. The molecule has 0 spiro atoms. The molecule has 1 aliphatic carbocycles. The van der Waals surface area contributed by atoms with E-state index in [1.54, 1.807) is 6.07 Å². The number of nitrogens with zero attached hydrogens (tertiary/aromatic N) is 1. The number of rotatable bonds is 7. The van der Waals surface area contributed by atoms with Crippen molar-refractivity contribution in [1.29, 1.82) is 0 Å². The Morgan fingerprint density at radius 3 is 2.80 bits per heavy atom. The Labute approximate surface area is 147 Å². The summed E-state index contributed by atoms with van der Waals surface area (Å²) in [5.74, 6) is 0.230. The second kappa shape index (κ2) is 8.05. The molecule has 0 unspecified atom stereocenters. The number of hydrogen-bond acceptors (Lipinski definition) is 5. The summed E-state index contributed by atoms with van der Waals surface area (Å²) in [7, 11) is 0. The fraction of sp³-hybridized carbons (Fsp3) is 0.474. The highest BCUT2D eigenvalue weighted by molar-refractivity contribution is 5.50. The van der Waals surface area contributed by atoms with Crippen LogP contribution in [0.1, 0.15) is 50.2 Å². The van der Waals surface area contributed by atoms with E-state index in [2.05, 4.69) is 24.4 Å². The molecule has 1 aliphatic rings. The average Bonchev–Trinajstić information content (AvgIpc) is 2.50. The summed E-state index contributed by atoms with van der Waals surface area (Å²) in [6, 6.07) is 2.97. The minimum Gasteiger partial charge on any atom is -0.508 e. The smallest absolute Gasteiger partial charge is 0.294 e. The topological polar surface area (TPSA) is 92.8 Å². The fourth-order valence-electron chi connectivity index (χ4n) is 3.58. The number of hydrogen-bond donors (Lipinski definition) is 2. The van der Waals surface area contributed by atoms with Crippen LogP contribution >= 0.6 is 0 Å². The molecule has 0 bridgehead atoms. The zero-order chi connectivity index (χ0) is 18.6. The van der Waals surface area contributed by atoms with Crippen LogP contribution in [0.4, 0.5) is 0 Å². The number of allylic oxidation sites excluding steroid dienone is 3. The van der Waals surface area contributed by atoms with E-state index in [0.29, 0.717) is 12.8 Å². The third-order valence-electron chi connectivity index (χ3n) is 4.73. The van der Waals surface area contributed by atoms with Gasteiger partial charge in [-0.05, 0) is 57.1 Å². The molecule has 2 atom stereocenters. The number of benzene rings is 1. The van der Waals surface area contributed by atoms with Crippen molar-refractivity contribution in [3.05, 3.63) is 57.2 Å². The minimum atomic E-state index is -0.814. The summed E-state index contributed by atoms with van der Waals surface area (Å²) in [4.78, 5) is 14.6. The van der Waals surface area contributed by atoms with Crippen molar-refractivity contribution >= 4 is 0 Å². The summed E-state index contributed by atoms with van der Waals surface area (Å²) < 4.78 is 0. The van der Waals surface area contributed by atoms with Gasteiger partial charge in [0.05, 0.1) is 6.61 Å². The van der Waals surface area contributed by atoms with E-state index in [0.717, 1.165) is 29.5 Å². The highest BCUT2D eigenvalue weighted by atomic mass is 16.9. The first-order valence-electron chi connectivity index (χ1n) is 8.44. The highest BCUT2D eigenvalue weighted by Gasteiger charge is 2.29.